The zero-order chi connectivity index (χ0) is 13.5. The van der Waals surface area contributed by atoms with E-state index in [-0.39, 0.29) is 24.0 Å². The Bertz CT molecular complexity index is 392. The lowest BCUT2D eigenvalue weighted by Crippen LogP contribution is -2.54. The summed E-state index contributed by atoms with van der Waals surface area (Å²) in [4.78, 5) is 26.2. The quantitative estimate of drug-likeness (QED) is 0.773. The topological polar surface area (TPSA) is 58.6 Å². The van der Waals surface area contributed by atoms with E-state index >= 15 is 0 Å². The van der Waals surface area contributed by atoms with Crippen LogP contribution in [0.1, 0.15) is 45.4 Å². The Morgan fingerprint density at radius 3 is 2.84 bits per heavy atom. The molecule has 1 spiro atoms. The number of urea groups is 1. The molecule has 3 rings (SSSR count). The van der Waals surface area contributed by atoms with Gasteiger partial charge in [-0.2, -0.15) is 0 Å². The zero-order valence-electron chi connectivity index (χ0n) is 11.5. The lowest BCUT2D eigenvalue weighted by atomic mass is 9.73. The standard InChI is InChI=1S/C14H22N2O3/c1-10-5-2-3-7-14(10)12(17)16(13(18)15-14)9-11-6-4-8-19-11/h10-11H,2-9H2,1H3,(H,15,18)/t10-,11-,14-/m0/s1. The van der Waals surface area contributed by atoms with E-state index in [0.29, 0.717) is 6.54 Å². The average molecular weight is 266 g/mol. The number of nitrogens with zero attached hydrogens (tertiary/aromatic N) is 1. The van der Waals surface area contributed by atoms with Crippen LogP contribution in [0.2, 0.25) is 0 Å². The van der Waals surface area contributed by atoms with Gasteiger partial charge in [0.2, 0.25) is 0 Å². The average Bonchev–Trinajstić information content (AvgIpc) is 2.97. The van der Waals surface area contributed by atoms with Gasteiger partial charge in [0.05, 0.1) is 12.6 Å². The minimum Gasteiger partial charge on any atom is -0.376 e. The van der Waals surface area contributed by atoms with Crippen molar-refractivity contribution in [3.63, 3.8) is 0 Å². The van der Waals surface area contributed by atoms with Gasteiger partial charge < -0.3 is 10.1 Å². The fourth-order valence-corrected chi connectivity index (χ4v) is 3.65. The van der Waals surface area contributed by atoms with Crippen LogP contribution in [0.5, 0.6) is 0 Å². The maximum Gasteiger partial charge on any atom is 0.325 e. The van der Waals surface area contributed by atoms with Crippen molar-refractivity contribution in [2.45, 2.75) is 57.1 Å². The molecule has 0 radical (unpaired) electrons. The molecule has 5 nitrogen and oxygen atoms in total. The molecule has 1 saturated carbocycles. The van der Waals surface area contributed by atoms with E-state index in [0.717, 1.165) is 45.1 Å². The summed E-state index contributed by atoms with van der Waals surface area (Å²) in [5, 5.41) is 2.97. The first-order valence-electron chi connectivity index (χ1n) is 7.39. The second kappa shape index (κ2) is 4.78. The van der Waals surface area contributed by atoms with E-state index in [1.165, 1.54) is 4.90 Å². The van der Waals surface area contributed by atoms with Gasteiger partial charge in [-0.25, -0.2) is 4.79 Å². The van der Waals surface area contributed by atoms with Crippen molar-refractivity contribution >= 4 is 11.9 Å². The van der Waals surface area contributed by atoms with Gasteiger partial charge >= 0.3 is 6.03 Å². The number of carbonyl (C=O) groups is 2. The number of nitrogens with one attached hydrogen (secondary N) is 1. The van der Waals surface area contributed by atoms with Crippen molar-refractivity contribution in [2.75, 3.05) is 13.2 Å². The van der Waals surface area contributed by atoms with E-state index in [9.17, 15) is 9.59 Å². The monoisotopic (exact) mass is 266 g/mol. The molecule has 106 valence electrons. The molecular weight excluding hydrogens is 244 g/mol. The Morgan fingerprint density at radius 2 is 2.16 bits per heavy atom. The first-order valence-corrected chi connectivity index (χ1v) is 7.39. The molecule has 0 aromatic heterocycles. The van der Waals surface area contributed by atoms with Gasteiger partial charge in [0.1, 0.15) is 5.54 Å². The smallest absolute Gasteiger partial charge is 0.325 e. The van der Waals surface area contributed by atoms with Crippen molar-refractivity contribution in [1.82, 2.24) is 10.2 Å². The summed E-state index contributed by atoms with van der Waals surface area (Å²) in [6, 6.07) is -0.228. The fraction of sp³-hybridized carbons (Fsp3) is 0.857. The van der Waals surface area contributed by atoms with Crippen LogP contribution in [-0.2, 0) is 9.53 Å². The molecule has 2 heterocycles. The molecule has 5 heteroatoms. The Balaban J connectivity index is 1.76. The van der Waals surface area contributed by atoms with E-state index < -0.39 is 5.54 Å². The largest absolute Gasteiger partial charge is 0.376 e. The number of carbonyl (C=O) groups excluding carboxylic acids is 2. The molecule has 3 amide bonds. The maximum absolute atomic E-state index is 12.7. The molecule has 2 aliphatic heterocycles. The predicted molar refractivity (Wildman–Crippen MR) is 69.6 cm³/mol. The van der Waals surface area contributed by atoms with Crippen LogP contribution in [-0.4, -0.2) is 41.6 Å². The number of ether oxygens (including phenoxy) is 1. The Morgan fingerprint density at radius 1 is 1.32 bits per heavy atom. The number of hydrogen-bond acceptors (Lipinski definition) is 3. The first kappa shape index (κ1) is 12.9. The number of imide groups is 1. The predicted octanol–water partition coefficient (Wildman–Crippen LogP) is 1.67. The molecule has 1 N–H and O–H groups in total. The van der Waals surface area contributed by atoms with Gasteiger partial charge in [0.15, 0.2) is 0 Å². The Kier molecular flexibility index (Phi) is 3.25. The lowest BCUT2D eigenvalue weighted by molar-refractivity contribution is -0.135. The Labute approximate surface area is 113 Å². The van der Waals surface area contributed by atoms with Gasteiger partial charge in [-0.15, -0.1) is 0 Å². The van der Waals surface area contributed by atoms with Crippen molar-refractivity contribution in [3.8, 4) is 0 Å². The number of hydrogen-bond donors (Lipinski definition) is 1. The highest BCUT2D eigenvalue weighted by molar-refractivity contribution is 6.07. The number of rotatable bonds is 2. The van der Waals surface area contributed by atoms with E-state index in [4.69, 9.17) is 4.74 Å². The summed E-state index contributed by atoms with van der Waals surface area (Å²) in [5.41, 5.74) is -0.631. The zero-order valence-corrected chi connectivity index (χ0v) is 11.5. The van der Waals surface area contributed by atoms with Crippen LogP contribution in [0, 0.1) is 5.92 Å². The molecule has 0 bridgehead atoms. The van der Waals surface area contributed by atoms with Crippen LogP contribution in [0.15, 0.2) is 0 Å². The minimum atomic E-state index is -0.631. The van der Waals surface area contributed by atoms with Crippen molar-refractivity contribution in [1.29, 1.82) is 0 Å². The molecule has 1 aliphatic carbocycles. The highest BCUT2D eigenvalue weighted by Crippen LogP contribution is 2.38. The highest BCUT2D eigenvalue weighted by Gasteiger charge is 2.55. The molecule has 19 heavy (non-hydrogen) atoms. The Hall–Kier alpha value is -1.10. The third kappa shape index (κ3) is 2.04. The SMILES string of the molecule is C[C@H]1CCCC[C@]12NC(=O)N(C[C@@H]1CCCO1)C2=O. The first-order chi connectivity index (χ1) is 9.13. The van der Waals surface area contributed by atoms with E-state index in [1.807, 2.05) is 0 Å². The second-order valence-electron chi connectivity index (χ2n) is 6.10. The normalized spacial score (nSPS) is 39.1. The van der Waals surface area contributed by atoms with Crippen molar-refractivity contribution in [3.05, 3.63) is 0 Å². The van der Waals surface area contributed by atoms with Crippen LogP contribution in [0.4, 0.5) is 4.79 Å². The summed E-state index contributed by atoms with van der Waals surface area (Å²) >= 11 is 0. The maximum atomic E-state index is 12.7. The minimum absolute atomic E-state index is 0.0276. The van der Waals surface area contributed by atoms with Crippen LogP contribution >= 0.6 is 0 Å². The summed E-state index contributed by atoms with van der Waals surface area (Å²) in [6.45, 7) is 3.24. The van der Waals surface area contributed by atoms with Gasteiger partial charge in [-0.3, -0.25) is 9.69 Å². The third-order valence-electron chi connectivity index (χ3n) is 4.91. The summed E-state index contributed by atoms with van der Waals surface area (Å²) in [5.74, 6) is 0.201. The van der Waals surface area contributed by atoms with Gasteiger partial charge in [-0.1, -0.05) is 19.8 Å². The summed E-state index contributed by atoms with van der Waals surface area (Å²) < 4.78 is 5.54. The molecule has 0 aromatic rings. The molecule has 3 fully saturated rings. The molecule has 3 aliphatic rings. The van der Waals surface area contributed by atoms with Gasteiger partial charge in [0.25, 0.3) is 5.91 Å². The van der Waals surface area contributed by atoms with E-state index in [1.54, 1.807) is 0 Å². The van der Waals surface area contributed by atoms with Gasteiger partial charge in [0, 0.05) is 6.61 Å². The molecule has 0 unspecified atom stereocenters. The third-order valence-corrected chi connectivity index (χ3v) is 4.91. The van der Waals surface area contributed by atoms with Crippen LogP contribution in [0.3, 0.4) is 0 Å². The summed E-state index contributed by atoms with van der Waals surface area (Å²) in [6.07, 6.45) is 5.96. The molecule has 3 atom stereocenters. The molecule has 0 aromatic carbocycles. The van der Waals surface area contributed by atoms with E-state index in [2.05, 4.69) is 12.2 Å². The highest BCUT2D eigenvalue weighted by atomic mass is 16.5. The molecule has 2 saturated heterocycles. The fourth-order valence-electron chi connectivity index (χ4n) is 3.65. The van der Waals surface area contributed by atoms with Crippen molar-refractivity contribution in [2.24, 2.45) is 5.92 Å². The van der Waals surface area contributed by atoms with Gasteiger partial charge in [-0.05, 0) is 31.6 Å². The number of amides is 3. The summed E-state index contributed by atoms with van der Waals surface area (Å²) in [7, 11) is 0. The second-order valence-corrected chi connectivity index (χ2v) is 6.10. The van der Waals surface area contributed by atoms with Crippen LogP contribution in [0.25, 0.3) is 0 Å². The lowest BCUT2D eigenvalue weighted by Gasteiger charge is -2.36. The molecular formula is C14H22N2O3. The van der Waals surface area contributed by atoms with Crippen LogP contribution < -0.4 is 5.32 Å². The van der Waals surface area contributed by atoms with Crippen molar-refractivity contribution < 1.29 is 14.3 Å².